The lowest BCUT2D eigenvalue weighted by molar-refractivity contribution is 0.147. The molecule has 0 aromatic carbocycles. The molecule has 0 saturated carbocycles. The van der Waals surface area contributed by atoms with E-state index >= 15 is 0 Å². The number of hydrogen-bond acceptors (Lipinski definition) is 3. The average molecular weight is 460 g/mol. The molecule has 0 amide bonds. The molecule has 0 unspecified atom stereocenters. The van der Waals surface area contributed by atoms with Crippen LogP contribution in [-0.2, 0) is 10.0 Å². The van der Waals surface area contributed by atoms with Gasteiger partial charge in [-0.1, -0.05) is 0 Å². The van der Waals surface area contributed by atoms with Crippen LogP contribution in [0.2, 0.25) is 0 Å². The topological polar surface area (TPSA) is 73.1 Å². The molecule has 1 aromatic heterocycles. The molecule has 84 valence electrons. The normalized spacial score (nSPS) is 12.1. The van der Waals surface area contributed by atoms with Gasteiger partial charge in [-0.15, -0.1) is 0 Å². The van der Waals surface area contributed by atoms with Crippen molar-refractivity contribution in [3.63, 3.8) is 0 Å². The van der Waals surface area contributed by atoms with Gasteiger partial charge in [-0.3, -0.25) is 0 Å². The van der Waals surface area contributed by atoms with E-state index in [2.05, 4.69) is 4.98 Å². The van der Waals surface area contributed by atoms with Crippen molar-refractivity contribution in [2.24, 2.45) is 5.14 Å². The van der Waals surface area contributed by atoms with Crippen LogP contribution >= 0.6 is 45.2 Å². The summed E-state index contributed by atoms with van der Waals surface area (Å²) in [6.07, 6.45) is -2.90. The van der Waals surface area contributed by atoms with Gasteiger partial charge in [0, 0.05) is 5.56 Å². The number of aromatic nitrogens is 1. The highest BCUT2D eigenvalue weighted by atomic mass is 127. The Morgan fingerprint density at radius 3 is 2.33 bits per heavy atom. The van der Waals surface area contributed by atoms with E-state index in [1.807, 2.05) is 0 Å². The Kier molecular flexibility index (Phi) is 4.22. The van der Waals surface area contributed by atoms with Crippen molar-refractivity contribution in [1.29, 1.82) is 0 Å². The average Bonchev–Trinajstić information content (AvgIpc) is 1.99. The number of alkyl halides is 2. The second kappa shape index (κ2) is 4.71. The predicted molar refractivity (Wildman–Crippen MR) is 66.0 cm³/mol. The summed E-state index contributed by atoms with van der Waals surface area (Å²) in [6.45, 7) is 0. The van der Waals surface area contributed by atoms with Crippen LogP contribution in [-0.4, -0.2) is 13.4 Å². The summed E-state index contributed by atoms with van der Waals surface area (Å²) in [7, 11) is -4.18. The fourth-order valence-electron chi connectivity index (χ4n) is 0.934. The first kappa shape index (κ1) is 13.4. The third kappa shape index (κ3) is 3.17. The summed E-state index contributed by atoms with van der Waals surface area (Å²) < 4.78 is 47.5. The van der Waals surface area contributed by atoms with Crippen molar-refractivity contribution in [3.8, 4) is 0 Å². The quantitative estimate of drug-likeness (QED) is 0.542. The zero-order chi connectivity index (χ0) is 11.8. The molecule has 1 heterocycles. The summed E-state index contributed by atoms with van der Waals surface area (Å²) in [5.41, 5.74) is -0.610. The number of nitrogens with two attached hydrogens (primary N) is 1. The molecule has 0 bridgehead atoms. The second-order valence-electron chi connectivity index (χ2n) is 2.50. The number of halogens is 4. The van der Waals surface area contributed by atoms with E-state index in [1.165, 1.54) is 0 Å². The van der Waals surface area contributed by atoms with E-state index in [4.69, 9.17) is 5.14 Å². The third-order valence-electron chi connectivity index (χ3n) is 1.45. The largest absolute Gasteiger partial charge is 0.265 e. The summed E-state index contributed by atoms with van der Waals surface area (Å²) >= 11 is 3.29. The molecule has 0 radical (unpaired) electrons. The number of sulfonamides is 1. The zero-order valence-electron chi connectivity index (χ0n) is 6.92. The van der Waals surface area contributed by atoms with Gasteiger partial charge in [0.2, 0.25) is 10.0 Å². The highest BCUT2D eigenvalue weighted by molar-refractivity contribution is 14.1. The minimum absolute atomic E-state index is 0.0442. The SMILES string of the molecule is NS(=O)(=O)c1c(C(F)F)cc(I)nc1I. The number of nitrogens with zero attached hydrogens (tertiary/aromatic N) is 1. The van der Waals surface area contributed by atoms with Crippen LogP contribution in [0.15, 0.2) is 11.0 Å². The van der Waals surface area contributed by atoms with Crippen LogP contribution in [0.1, 0.15) is 12.0 Å². The molecule has 1 rings (SSSR count). The van der Waals surface area contributed by atoms with Crippen LogP contribution in [0, 0.1) is 7.40 Å². The van der Waals surface area contributed by atoms with Gasteiger partial charge in [0.1, 0.15) is 12.3 Å². The molecule has 4 nitrogen and oxygen atoms in total. The molecular formula is C6H4F2I2N2O2S. The van der Waals surface area contributed by atoms with Gasteiger partial charge in [0.05, 0.1) is 0 Å². The summed E-state index contributed by atoms with van der Waals surface area (Å²) in [6, 6.07) is 1.01. The lowest BCUT2D eigenvalue weighted by Crippen LogP contribution is -2.17. The summed E-state index contributed by atoms with van der Waals surface area (Å²) in [5, 5.41) is 4.84. The van der Waals surface area contributed by atoms with Crippen LogP contribution in [0.4, 0.5) is 8.78 Å². The van der Waals surface area contributed by atoms with Gasteiger partial charge in [0.15, 0.2) is 0 Å². The Morgan fingerprint density at radius 1 is 1.40 bits per heavy atom. The predicted octanol–water partition coefficient (Wildman–Crippen LogP) is 1.88. The monoisotopic (exact) mass is 460 g/mol. The molecule has 0 aliphatic carbocycles. The maximum atomic E-state index is 12.6. The first-order valence-electron chi connectivity index (χ1n) is 3.40. The molecule has 0 spiro atoms. The van der Waals surface area contributed by atoms with Crippen molar-refractivity contribution in [2.45, 2.75) is 11.3 Å². The fourth-order valence-corrected chi connectivity index (χ4v) is 4.22. The first-order chi connectivity index (χ1) is 6.73. The number of primary sulfonamides is 1. The lowest BCUT2D eigenvalue weighted by atomic mass is 10.3. The first-order valence-corrected chi connectivity index (χ1v) is 7.10. The molecule has 0 aliphatic rings. The molecule has 0 atom stereocenters. The standard InChI is InChI=1S/C6H4F2I2N2O2S/c7-5(8)2-1-3(9)12-6(10)4(2)15(11,13)14/h1,5H,(H2,11,13,14). The van der Waals surface area contributed by atoms with Crippen LogP contribution in [0.25, 0.3) is 0 Å². The minimum Gasteiger partial charge on any atom is -0.234 e. The highest BCUT2D eigenvalue weighted by Crippen LogP contribution is 2.29. The Morgan fingerprint density at radius 2 is 1.93 bits per heavy atom. The molecule has 15 heavy (non-hydrogen) atoms. The smallest absolute Gasteiger partial charge is 0.234 e. The molecule has 1 aromatic rings. The Labute approximate surface area is 112 Å². The van der Waals surface area contributed by atoms with E-state index in [0.717, 1.165) is 6.07 Å². The zero-order valence-corrected chi connectivity index (χ0v) is 12.0. The van der Waals surface area contributed by atoms with Crippen molar-refractivity contribution in [1.82, 2.24) is 4.98 Å². The van der Waals surface area contributed by atoms with Crippen molar-refractivity contribution in [3.05, 3.63) is 19.0 Å². The third-order valence-corrected chi connectivity index (χ3v) is 4.15. The molecule has 9 heteroatoms. The Hall–Kier alpha value is 0.380. The fraction of sp³-hybridized carbons (Fsp3) is 0.167. The number of hydrogen-bond donors (Lipinski definition) is 1. The van der Waals surface area contributed by atoms with Crippen LogP contribution < -0.4 is 5.14 Å². The molecular weight excluding hydrogens is 456 g/mol. The van der Waals surface area contributed by atoms with E-state index in [-0.39, 0.29) is 3.70 Å². The molecule has 0 fully saturated rings. The number of rotatable bonds is 2. The van der Waals surface area contributed by atoms with Crippen molar-refractivity contribution >= 4 is 55.2 Å². The molecule has 2 N–H and O–H groups in total. The van der Waals surface area contributed by atoms with Gasteiger partial charge in [-0.2, -0.15) is 0 Å². The van der Waals surface area contributed by atoms with E-state index in [1.54, 1.807) is 45.2 Å². The van der Waals surface area contributed by atoms with Crippen LogP contribution in [0.3, 0.4) is 0 Å². The minimum atomic E-state index is -4.18. The highest BCUT2D eigenvalue weighted by Gasteiger charge is 2.25. The van der Waals surface area contributed by atoms with E-state index in [0.29, 0.717) is 3.70 Å². The lowest BCUT2D eigenvalue weighted by Gasteiger charge is -2.08. The molecule has 0 saturated heterocycles. The van der Waals surface area contributed by atoms with Gasteiger partial charge < -0.3 is 0 Å². The van der Waals surface area contributed by atoms with Gasteiger partial charge in [-0.05, 0) is 51.2 Å². The summed E-state index contributed by atoms with van der Waals surface area (Å²) in [4.78, 5) is 3.17. The van der Waals surface area contributed by atoms with Crippen molar-refractivity contribution in [2.75, 3.05) is 0 Å². The van der Waals surface area contributed by atoms with Crippen molar-refractivity contribution < 1.29 is 17.2 Å². The Bertz CT molecular complexity index is 492. The van der Waals surface area contributed by atoms with Gasteiger partial charge >= 0.3 is 0 Å². The maximum absolute atomic E-state index is 12.6. The van der Waals surface area contributed by atoms with E-state index < -0.39 is 26.9 Å². The maximum Gasteiger partial charge on any atom is 0.265 e. The van der Waals surface area contributed by atoms with Crippen LogP contribution in [0.5, 0.6) is 0 Å². The van der Waals surface area contributed by atoms with Gasteiger partial charge in [-0.25, -0.2) is 27.3 Å². The van der Waals surface area contributed by atoms with E-state index in [9.17, 15) is 17.2 Å². The number of pyridine rings is 1. The van der Waals surface area contributed by atoms with Gasteiger partial charge in [0.25, 0.3) is 6.43 Å². The molecule has 0 aliphatic heterocycles. The second-order valence-corrected chi connectivity index (χ2v) is 6.13. The summed E-state index contributed by atoms with van der Waals surface area (Å²) in [5.74, 6) is 0. The Balaban J connectivity index is 3.62.